The number of nitrogens with zero attached hydrogens (tertiary/aromatic N) is 3. The number of imide groups is 2. The molecular weight excluding hydrogens is 380 g/mol. The zero-order valence-corrected chi connectivity index (χ0v) is 16.6. The lowest BCUT2D eigenvalue weighted by Gasteiger charge is -2.26. The number of hydrogen-bond donors (Lipinski definition) is 1. The van der Waals surface area contributed by atoms with Gasteiger partial charge in [-0.25, -0.2) is 14.4 Å². The molecule has 4 rings (SSSR count). The Morgan fingerprint density at radius 2 is 1.63 bits per heavy atom. The van der Waals surface area contributed by atoms with Crippen molar-refractivity contribution < 1.29 is 14.4 Å². The van der Waals surface area contributed by atoms with Crippen LogP contribution in [0.5, 0.6) is 0 Å². The molecule has 2 heterocycles. The lowest BCUT2D eigenvalue weighted by molar-refractivity contribution is -0.122. The van der Waals surface area contributed by atoms with Crippen molar-refractivity contribution in [3.8, 4) is 5.69 Å². The molecule has 1 N–H and O–H groups in total. The number of aromatic nitrogens is 2. The van der Waals surface area contributed by atoms with Crippen LogP contribution in [0.3, 0.4) is 0 Å². The lowest BCUT2D eigenvalue weighted by Crippen LogP contribution is -2.54. The summed E-state index contributed by atoms with van der Waals surface area (Å²) in [5.74, 6) is -1.08. The molecule has 0 bridgehead atoms. The quantitative estimate of drug-likeness (QED) is 0.535. The minimum Gasteiger partial charge on any atom is -0.273 e. The first kappa shape index (κ1) is 19.3. The van der Waals surface area contributed by atoms with Crippen molar-refractivity contribution in [3.63, 3.8) is 0 Å². The Hall–Kier alpha value is -4.00. The summed E-state index contributed by atoms with van der Waals surface area (Å²) >= 11 is 0. The zero-order valence-electron chi connectivity index (χ0n) is 16.6. The van der Waals surface area contributed by atoms with Crippen molar-refractivity contribution >= 4 is 29.6 Å². The summed E-state index contributed by atoms with van der Waals surface area (Å²) in [7, 11) is 0. The second-order valence-electron chi connectivity index (χ2n) is 7.26. The predicted molar refractivity (Wildman–Crippen MR) is 113 cm³/mol. The number of amides is 4. The fourth-order valence-electron chi connectivity index (χ4n) is 3.20. The maximum absolute atomic E-state index is 13.0. The van der Waals surface area contributed by atoms with Gasteiger partial charge in [0.15, 0.2) is 0 Å². The second kappa shape index (κ2) is 7.79. The van der Waals surface area contributed by atoms with Gasteiger partial charge in [-0.1, -0.05) is 44.2 Å². The van der Waals surface area contributed by atoms with Gasteiger partial charge >= 0.3 is 6.03 Å². The minimum atomic E-state index is -0.764. The molecule has 150 valence electrons. The fourth-order valence-corrected chi connectivity index (χ4v) is 3.20. The summed E-state index contributed by atoms with van der Waals surface area (Å²) in [4.78, 5) is 38.7. The maximum Gasteiger partial charge on any atom is 0.335 e. The summed E-state index contributed by atoms with van der Waals surface area (Å²) in [6, 6.07) is 15.8. The van der Waals surface area contributed by atoms with Crippen LogP contribution in [0, 0.1) is 0 Å². The predicted octanol–water partition coefficient (Wildman–Crippen LogP) is 3.66. The molecule has 0 unspecified atom stereocenters. The van der Waals surface area contributed by atoms with E-state index in [-0.39, 0.29) is 5.57 Å². The van der Waals surface area contributed by atoms with Crippen molar-refractivity contribution in [1.82, 2.24) is 15.1 Å². The minimum absolute atomic E-state index is 0.129. The van der Waals surface area contributed by atoms with Crippen LogP contribution in [0.25, 0.3) is 11.8 Å². The van der Waals surface area contributed by atoms with E-state index in [2.05, 4.69) is 24.3 Å². The number of hydrogen-bond acceptors (Lipinski definition) is 4. The highest BCUT2D eigenvalue weighted by Gasteiger charge is 2.36. The Labute approximate surface area is 173 Å². The van der Waals surface area contributed by atoms with E-state index in [1.165, 1.54) is 6.08 Å². The van der Waals surface area contributed by atoms with Gasteiger partial charge in [-0.05, 0) is 41.8 Å². The molecule has 1 aromatic heterocycles. The van der Waals surface area contributed by atoms with Crippen molar-refractivity contribution in [2.24, 2.45) is 0 Å². The van der Waals surface area contributed by atoms with Gasteiger partial charge in [0.05, 0.1) is 17.6 Å². The van der Waals surface area contributed by atoms with Crippen LogP contribution in [-0.4, -0.2) is 27.6 Å². The Morgan fingerprint density at radius 1 is 0.933 bits per heavy atom. The molecule has 3 aromatic rings. The number of benzene rings is 2. The highest BCUT2D eigenvalue weighted by molar-refractivity contribution is 6.39. The van der Waals surface area contributed by atoms with Crippen molar-refractivity contribution in [3.05, 3.63) is 83.7 Å². The summed E-state index contributed by atoms with van der Waals surface area (Å²) in [5, 5.41) is 6.51. The van der Waals surface area contributed by atoms with Crippen LogP contribution in [0.1, 0.15) is 30.9 Å². The van der Waals surface area contributed by atoms with Gasteiger partial charge in [0.1, 0.15) is 5.57 Å². The standard InChI is InChI=1S/C23H20N4O3/c1-15(2)17-8-10-19(11-9-17)27-22(29)20(21(28)25-23(27)30)12-16-13-24-26(14-16)18-6-4-3-5-7-18/h3-15H,1-2H3,(H,25,28,30)/b20-12+. The van der Waals surface area contributed by atoms with Crippen LogP contribution >= 0.6 is 0 Å². The van der Waals surface area contributed by atoms with E-state index < -0.39 is 17.8 Å². The molecule has 1 fully saturated rings. The first-order valence-corrected chi connectivity index (χ1v) is 9.55. The molecule has 7 nitrogen and oxygen atoms in total. The Morgan fingerprint density at radius 3 is 2.30 bits per heavy atom. The van der Waals surface area contributed by atoms with Gasteiger partial charge in [-0.3, -0.25) is 14.9 Å². The van der Waals surface area contributed by atoms with E-state index >= 15 is 0 Å². The van der Waals surface area contributed by atoms with E-state index in [1.54, 1.807) is 29.2 Å². The number of para-hydroxylation sites is 1. The third-order valence-corrected chi connectivity index (χ3v) is 4.85. The Kier molecular flexibility index (Phi) is 5.02. The van der Waals surface area contributed by atoms with E-state index in [4.69, 9.17) is 0 Å². The fraction of sp³-hybridized carbons (Fsp3) is 0.130. The number of carbonyl (C=O) groups excluding carboxylic acids is 3. The van der Waals surface area contributed by atoms with E-state index in [1.807, 2.05) is 42.5 Å². The number of urea groups is 1. The first-order chi connectivity index (χ1) is 14.4. The molecule has 30 heavy (non-hydrogen) atoms. The normalized spacial score (nSPS) is 15.8. The van der Waals surface area contributed by atoms with Gasteiger partial charge in [0.2, 0.25) is 0 Å². The molecule has 4 amide bonds. The van der Waals surface area contributed by atoms with E-state index in [0.717, 1.165) is 16.2 Å². The summed E-state index contributed by atoms with van der Waals surface area (Å²) in [6.45, 7) is 4.12. The molecular formula is C23H20N4O3. The molecule has 1 saturated heterocycles. The SMILES string of the molecule is CC(C)c1ccc(N2C(=O)NC(=O)/C(=C\c3cnn(-c4ccccc4)c3)C2=O)cc1. The van der Waals surface area contributed by atoms with Crippen LogP contribution in [-0.2, 0) is 9.59 Å². The monoisotopic (exact) mass is 400 g/mol. The highest BCUT2D eigenvalue weighted by Crippen LogP contribution is 2.24. The smallest absolute Gasteiger partial charge is 0.273 e. The largest absolute Gasteiger partial charge is 0.335 e. The van der Waals surface area contributed by atoms with Crippen LogP contribution < -0.4 is 10.2 Å². The molecule has 0 radical (unpaired) electrons. The number of nitrogens with one attached hydrogen (secondary N) is 1. The first-order valence-electron chi connectivity index (χ1n) is 9.55. The van der Waals surface area contributed by atoms with Crippen LogP contribution in [0.15, 0.2) is 72.6 Å². The average Bonchev–Trinajstić information content (AvgIpc) is 3.21. The highest BCUT2D eigenvalue weighted by atomic mass is 16.2. The zero-order chi connectivity index (χ0) is 21.3. The van der Waals surface area contributed by atoms with Gasteiger partial charge in [0.25, 0.3) is 11.8 Å². The number of barbiturate groups is 1. The molecule has 0 spiro atoms. The van der Waals surface area contributed by atoms with Crippen LogP contribution in [0.4, 0.5) is 10.5 Å². The summed E-state index contributed by atoms with van der Waals surface area (Å²) < 4.78 is 1.64. The second-order valence-corrected chi connectivity index (χ2v) is 7.26. The third kappa shape index (κ3) is 3.65. The van der Waals surface area contributed by atoms with E-state index in [0.29, 0.717) is 17.2 Å². The number of rotatable bonds is 4. The molecule has 1 aliphatic rings. The summed E-state index contributed by atoms with van der Waals surface area (Å²) in [5.41, 5.74) is 2.78. The third-order valence-electron chi connectivity index (χ3n) is 4.85. The molecule has 7 heteroatoms. The molecule has 0 saturated carbocycles. The van der Waals surface area contributed by atoms with Crippen LogP contribution in [0.2, 0.25) is 0 Å². The maximum atomic E-state index is 13.0. The summed E-state index contributed by atoms with van der Waals surface area (Å²) in [6.07, 6.45) is 4.70. The Bertz CT molecular complexity index is 1140. The average molecular weight is 400 g/mol. The van der Waals surface area contributed by atoms with Gasteiger partial charge in [-0.2, -0.15) is 5.10 Å². The van der Waals surface area contributed by atoms with Gasteiger partial charge in [-0.15, -0.1) is 0 Å². The van der Waals surface area contributed by atoms with Gasteiger partial charge < -0.3 is 0 Å². The Balaban J connectivity index is 1.65. The lowest BCUT2D eigenvalue weighted by atomic mass is 10.0. The molecule has 1 aliphatic heterocycles. The van der Waals surface area contributed by atoms with E-state index in [9.17, 15) is 14.4 Å². The molecule has 0 aliphatic carbocycles. The van der Waals surface area contributed by atoms with Crippen molar-refractivity contribution in [2.75, 3.05) is 4.90 Å². The molecule has 0 atom stereocenters. The number of carbonyl (C=O) groups is 3. The van der Waals surface area contributed by atoms with Crippen molar-refractivity contribution in [1.29, 1.82) is 0 Å². The topological polar surface area (TPSA) is 84.3 Å². The van der Waals surface area contributed by atoms with Crippen molar-refractivity contribution in [2.45, 2.75) is 19.8 Å². The van der Waals surface area contributed by atoms with Gasteiger partial charge in [0, 0.05) is 11.8 Å². The number of anilines is 1. The molecule has 2 aromatic carbocycles.